The average molecular weight is 200 g/mol. The van der Waals surface area contributed by atoms with Gasteiger partial charge >= 0.3 is 0 Å². The van der Waals surface area contributed by atoms with Crippen LogP contribution in [-0.4, -0.2) is 36.5 Å². The van der Waals surface area contributed by atoms with Gasteiger partial charge in [0.15, 0.2) is 0 Å². The topological polar surface area (TPSA) is 6.48 Å². The average Bonchev–Trinajstić information content (AvgIpc) is 2.54. The van der Waals surface area contributed by atoms with Gasteiger partial charge in [-0.15, -0.1) is 0 Å². The molecule has 0 amide bonds. The maximum absolute atomic E-state index is 4.21. The summed E-state index contributed by atoms with van der Waals surface area (Å²) in [6.45, 7) is 7.58. The molecular weight excluding hydrogens is 184 g/mol. The van der Waals surface area contributed by atoms with Crippen LogP contribution in [0.4, 0.5) is 0 Å². The summed E-state index contributed by atoms with van der Waals surface area (Å²) in [7, 11) is 2.20. The molecule has 1 atom stereocenters. The Labute approximate surface area is 90.8 Å². The van der Waals surface area contributed by atoms with E-state index in [0.717, 1.165) is 19.6 Å². The summed E-state index contributed by atoms with van der Waals surface area (Å²) in [6.07, 6.45) is 0. The van der Waals surface area contributed by atoms with Crippen LogP contribution < -0.4 is 0 Å². The Kier molecular flexibility index (Phi) is 1.86. The zero-order valence-corrected chi connectivity index (χ0v) is 9.11. The molecule has 0 aliphatic carbocycles. The van der Waals surface area contributed by atoms with Crippen molar-refractivity contribution in [3.05, 3.63) is 42.0 Å². The Balaban J connectivity index is 2.06. The number of rotatable bonds is 0. The van der Waals surface area contributed by atoms with Crippen LogP contribution >= 0.6 is 0 Å². The van der Waals surface area contributed by atoms with E-state index in [1.54, 1.807) is 0 Å². The summed E-state index contributed by atoms with van der Waals surface area (Å²) in [5.41, 5.74) is 4.01. The van der Waals surface area contributed by atoms with Gasteiger partial charge in [0, 0.05) is 30.9 Å². The molecule has 1 fully saturated rings. The number of piperazine rings is 1. The van der Waals surface area contributed by atoms with E-state index in [2.05, 4.69) is 47.7 Å². The summed E-state index contributed by atoms with van der Waals surface area (Å²) < 4.78 is 0. The van der Waals surface area contributed by atoms with E-state index in [9.17, 15) is 0 Å². The van der Waals surface area contributed by atoms with E-state index in [0.29, 0.717) is 6.04 Å². The molecule has 2 heterocycles. The second kappa shape index (κ2) is 3.11. The third-order valence-corrected chi connectivity index (χ3v) is 3.56. The summed E-state index contributed by atoms with van der Waals surface area (Å²) in [5.74, 6) is 0. The predicted molar refractivity (Wildman–Crippen MR) is 62.4 cm³/mol. The summed E-state index contributed by atoms with van der Waals surface area (Å²) in [5, 5.41) is 0. The van der Waals surface area contributed by atoms with E-state index in [1.807, 2.05) is 0 Å². The molecule has 2 heteroatoms. The second-order valence-electron chi connectivity index (χ2n) is 4.51. The van der Waals surface area contributed by atoms with Crippen molar-refractivity contribution in [1.29, 1.82) is 0 Å². The molecule has 1 aromatic carbocycles. The van der Waals surface area contributed by atoms with Crippen molar-refractivity contribution in [2.75, 3.05) is 26.7 Å². The van der Waals surface area contributed by atoms with Gasteiger partial charge in [0.1, 0.15) is 0 Å². The molecule has 2 aliphatic heterocycles. The lowest BCUT2D eigenvalue weighted by Crippen LogP contribution is -2.42. The van der Waals surface area contributed by atoms with Crippen molar-refractivity contribution in [3.8, 4) is 0 Å². The molecule has 0 saturated carbocycles. The van der Waals surface area contributed by atoms with Crippen molar-refractivity contribution < 1.29 is 0 Å². The van der Waals surface area contributed by atoms with Crippen LogP contribution in [0.3, 0.4) is 0 Å². The zero-order chi connectivity index (χ0) is 10.4. The van der Waals surface area contributed by atoms with Crippen molar-refractivity contribution in [2.45, 2.75) is 6.04 Å². The fraction of sp³-hybridized carbons (Fsp3) is 0.385. The highest BCUT2D eigenvalue weighted by Gasteiger charge is 2.35. The third kappa shape index (κ3) is 1.21. The van der Waals surface area contributed by atoms with Gasteiger partial charge in [-0.3, -0.25) is 0 Å². The summed E-state index contributed by atoms with van der Waals surface area (Å²) in [4.78, 5) is 4.85. The molecule has 15 heavy (non-hydrogen) atoms. The molecule has 1 unspecified atom stereocenters. The molecule has 0 bridgehead atoms. The highest BCUT2D eigenvalue weighted by Crippen LogP contribution is 2.41. The first-order valence-corrected chi connectivity index (χ1v) is 5.51. The van der Waals surface area contributed by atoms with Crippen molar-refractivity contribution >= 4 is 5.70 Å². The van der Waals surface area contributed by atoms with E-state index < -0.39 is 0 Å². The Bertz CT molecular complexity index is 411. The molecule has 0 aromatic heterocycles. The fourth-order valence-electron chi connectivity index (χ4n) is 2.71. The lowest BCUT2D eigenvalue weighted by Gasteiger charge is -2.37. The van der Waals surface area contributed by atoms with E-state index in [-0.39, 0.29) is 0 Å². The van der Waals surface area contributed by atoms with E-state index in [1.165, 1.54) is 16.8 Å². The standard InChI is InChI=1S/C13H16N2/c1-10-11-5-3-4-6-12(11)13-9-14(2)7-8-15(10)13/h3-6,13H,1,7-9H2,2H3. The monoisotopic (exact) mass is 200 g/mol. The Morgan fingerprint density at radius 3 is 2.93 bits per heavy atom. The zero-order valence-electron chi connectivity index (χ0n) is 9.11. The highest BCUT2D eigenvalue weighted by atomic mass is 15.3. The van der Waals surface area contributed by atoms with Gasteiger partial charge in [0.25, 0.3) is 0 Å². The van der Waals surface area contributed by atoms with Crippen LogP contribution in [0.2, 0.25) is 0 Å². The van der Waals surface area contributed by atoms with Gasteiger partial charge in [-0.1, -0.05) is 30.8 Å². The Hall–Kier alpha value is -1.28. The normalized spacial score (nSPS) is 25.3. The van der Waals surface area contributed by atoms with E-state index >= 15 is 0 Å². The van der Waals surface area contributed by atoms with Gasteiger partial charge < -0.3 is 9.80 Å². The number of hydrogen-bond acceptors (Lipinski definition) is 2. The van der Waals surface area contributed by atoms with Crippen molar-refractivity contribution in [1.82, 2.24) is 9.80 Å². The van der Waals surface area contributed by atoms with Gasteiger partial charge in [-0.25, -0.2) is 0 Å². The van der Waals surface area contributed by atoms with Crippen LogP contribution in [-0.2, 0) is 0 Å². The molecule has 3 rings (SSSR count). The fourth-order valence-corrected chi connectivity index (χ4v) is 2.71. The number of nitrogens with zero attached hydrogens (tertiary/aromatic N) is 2. The van der Waals surface area contributed by atoms with E-state index in [4.69, 9.17) is 0 Å². The third-order valence-electron chi connectivity index (χ3n) is 3.56. The summed E-state index contributed by atoms with van der Waals surface area (Å²) in [6, 6.07) is 9.20. The molecule has 2 nitrogen and oxygen atoms in total. The lowest BCUT2D eigenvalue weighted by atomic mass is 10.0. The summed E-state index contributed by atoms with van der Waals surface area (Å²) >= 11 is 0. The number of hydrogen-bond donors (Lipinski definition) is 0. The molecular formula is C13H16N2. The predicted octanol–water partition coefficient (Wildman–Crippen LogP) is 1.96. The second-order valence-corrected chi connectivity index (χ2v) is 4.51. The molecule has 1 aromatic rings. The molecule has 2 aliphatic rings. The lowest BCUT2D eigenvalue weighted by molar-refractivity contribution is 0.152. The SMILES string of the molecule is C=C1c2ccccc2C2CN(C)CCN12. The quantitative estimate of drug-likeness (QED) is 0.631. The minimum atomic E-state index is 0.535. The van der Waals surface area contributed by atoms with Crippen LogP contribution in [0.1, 0.15) is 17.2 Å². The van der Waals surface area contributed by atoms with Crippen LogP contribution in [0, 0.1) is 0 Å². The van der Waals surface area contributed by atoms with Gasteiger partial charge in [0.05, 0.1) is 6.04 Å². The molecule has 0 radical (unpaired) electrons. The van der Waals surface area contributed by atoms with Crippen LogP contribution in [0.5, 0.6) is 0 Å². The van der Waals surface area contributed by atoms with Crippen molar-refractivity contribution in [2.24, 2.45) is 0 Å². The van der Waals surface area contributed by atoms with Gasteiger partial charge in [-0.05, 0) is 12.6 Å². The minimum Gasteiger partial charge on any atom is -0.362 e. The number of benzene rings is 1. The molecule has 78 valence electrons. The highest BCUT2D eigenvalue weighted by molar-refractivity contribution is 5.70. The number of fused-ring (bicyclic) bond motifs is 3. The maximum Gasteiger partial charge on any atom is 0.0676 e. The van der Waals surface area contributed by atoms with Crippen LogP contribution in [0.25, 0.3) is 5.70 Å². The smallest absolute Gasteiger partial charge is 0.0676 e. The van der Waals surface area contributed by atoms with Gasteiger partial charge in [-0.2, -0.15) is 0 Å². The largest absolute Gasteiger partial charge is 0.362 e. The van der Waals surface area contributed by atoms with Gasteiger partial charge in [0.2, 0.25) is 0 Å². The van der Waals surface area contributed by atoms with Crippen LogP contribution in [0.15, 0.2) is 30.8 Å². The molecule has 0 spiro atoms. The molecule has 1 saturated heterocycles. The Morgan fingerprint density at radius 2 is 2.07 bits per heavy atom. The first kappa shape index (κ1) is 8.98. The van der Waals surface area contributed by atoms with Crippen molar-refractivity contribution in [3.63, 3.8) is 0 Å². The number of likely N-dealkylation sites (N-methyl/N-ethyl adjacent to an activating group) is 1. The maximum atomic E-state index is 4.21. The first-order valence-electron chi connectivity index (χ1n) is 5.51. The minimum absolute atomic E-state index is 0.535. The Morgan fingerprint density at radius 1 is 1.27 bits per heavy atom. The molecule has 0 N–H and O–H groups in total. The first-order chi connectivity index (χ1) is 7.27.